The van der Waals surface area contributed by atoms with Gasteiger partial charge in [0, 0.05) is 36.4 Å². The summed E-state index contributed by atoms with van der Waals surface area (Å²) in [6.07, 6.45) is -4.32. The highest BCUT2D eigenvalue weighted by atomic mass is 19.4. The van der Waals surface area contributed by atoms with E-state index in [9.17, 15) is 13.2 Å². The quantitative estimate of drug-likeness (QED) is 0.814. The van der Waals surface area contributed by atoms with Crippen molar-refractivity contribution in [2.45, 2.75) is 12.6 Å². The summed E-state index contributed by atoms with van der Waals surface area (Å²) in [5.41, 5.74) is 10.2. The molecule has 2 saturated heterocycles. The first-order valence-electron chi connectivity index (χ1n) is 7.93. The largest absolute Gasteiger partial charge is 0.418 e. The number of halogens is 3. The summed E-state index contributed by atoms with van der Waals surface area (Å²) in [5, 5.41) is 0. The molecule has 0 saturated carbocycles. The third kappa shape index (κ3) is 3.45. The smallest absolute Gasteiger partial charge is 0.398 e. The van der Waals surface area contributed by atoms with E-state index < -0.39 is 11.7 Å². The third-order valence-electron chi connectivity index (χ3n) is 4.70. The topological polar surface area (TPSA) is 73.7 Å². The summed E-state index contributed by atoms with van der Waals surface area (Å²) in [7, 11) is 0. The van der Waals surface area contributed by atoms with Crippen molar-refractivity contribution in [2.24, 2.45) is 5.41 Å². The SMILES string of the molecule is Nc1ccc(N)c(C(F)(F)F)c1CC1(CN2CCOCC2)COC1. The summed E-state index contributed by atoms with van der Waals surface area (Å²) in [5.74, 6) is 0. The van der Waals surface area contributed by atoms with E-state index in [1.807, 2.05) is 0 Å². The van der Waals surface area contributed by atoms with Crippen molar-refractivity contribution in [3.8, 4) is 0 Å². The Balaban J connectivity index is 1.87. The number of rotatable bonds is 4. The molecule has 0 radical (unpaired) electrons. The molecule has 4 N–H and O–H groups in total. The van der Waals surface area contributed by atoms with Crippen LogP contribution in [0, 0.1) is 5.41 Å². The van der Waals surface area contributed by atoms with Gasteiger partial charge in [-0.05, 0) is 24.1 Å². The summed E-state index contributed by atoms with van der Waals surface area (Å²) >= 11 is 0. The van der Waals surface area contributed by atoms with Crippen LogP contribution >= 0.6 is 0 Å². The number of morpholine rings is 1. The minimum absolute atomic E-state index is 0.0825. The van der Waals surface area contributed by atoms with Gasteiger partial charge in [0.2, 0.25) is 0 Å². The molecular formula is C16H22F3N3O2. The maximum absolute atomic E-state index is 13.5. The van der Waals surface area contributed by atoms with Gasteiger partial charge in [0.1, 0.15) is 0 Å². The van der Waals surface area contributed by atoms with Crippen molar-refractivity contribution >= 4 is 11.4 Å². The predicted molar refractivity (Wildman–Crippen MR) is 84.5 cm³/mol. The Morgan fingerprint density at radius 2 is 1.67 bits per heavy atom. The van der Waals surface area contributed by atoms with Gasteiger partial charge in [-0.3, -0.25) is 4.90 Å². The molecule has 3 rings (SSSR count). The van der Waals surface area contributed by atoms with Crippen molar-refractivity contribution in [2.75, 3.05) is 57.5 Å². The number of nitrogens with zero attached hydrogens (tertiary/aromatic N) is 1. The second-order valence-electron chi connectivity index (χ2n) is 6.65. The lowest BCUT2D eigenvalue weighted by Gasteiger charge is -2.46. The standard InChI is InChI=1S/C16H22F3N3O2/c17-16(18,19)14-11(12(20)1-2-13(14)21)7-15(9-24-10-15)8-22-3-5-23-6-4-22/h1-2H,3-10,20-21H2. The highest BCUT2D eigenvalue weighted by Gasteiger charge is 2.44. The Kier molecular flexibility index (Phi) is 4.63. The average molecular weight is 345 g/mol. The molecule has 0 spiro atoms. The monoisotopic (exact) mass is 345 g/mol. The van der Waals surface area contributed by atoms with Gasteiger partial charge in [-0.25, -0.2) is 0 Å². The average Bonchev–Trinajstić information content (AvgIpc) is 2.48. The first-order chi connectivity index (χ1) is 11.3. The fourth-order valence-corrected chi connectivity index (χ4v) is 3.46. The second-order valence-corrected chi connectivity index (χ2v) is 6.65. The maximum atomic E-state index is 13.5. The fourth-order valence-electron chi connectivity index (χ4n) is 3.46. The van der Waals surface area contributed by atoms with Crippen LogP contribution in [0.3, 0.4) is 0 Å². The lowest BCUT2D eigenvalue weighted by atomic mass is 9.77. The molecule has 0 atom stereocenters. The number of hydrogen-bond acceptors (Lipinski definition) is 5. The van der Waals surface area contributed by atoms with Crippen molar-refractivity contribution in [1.82, 2.24) is 4.90 Å². The molecule has 0 bridgehead atoms. The lowest BCUT2D eigenvalue weighted by molar-refractivity contribution is -0.143. The van der Waals surface area contributed by atoms with Crippen LogP contribution in [0.5, 0.6) is 0 Å². The van der Waals surface area contributed by atoms with Gasteiger partial charge in [0.25, 0.3) is 0 Å². The molecule has 5 nitrogen and oxygen atoms in total. The van der Waals surface area contributed by atoms with Crippen LogP contribution in [-0.2, 0) is 22.1 Å². The molecule has 0 aromatic heterocycles. The van der Waals surface area contributed by atoms with Gasteiger partial charge in [-0.1, -0.05) is 0 Å². The van der Waals surface area contributed by atoms with E-state index in [1.54, 1.807) is 0 Å². The molecule has 2 fully saturated rings. The molecule has 0 amide bonds. The predicted octanol–water partition coefficient (Wildman–Crippen LogP) is 1.76. The van der Waals surface area contributed by atoms with Gasteiger partial charge >= 0.3 is 6.18 Å². The summed E-state index contributed by atoms with van der Waals surface area (Å²) < 4.78 is 51.0. The molecule has 0 unspecified atom stereocenters. The van der Waals surface area contributed by atoms with Gasteiger partial charge in [-0.2, -0.15) is 13.2 Å². The molecule has 0 aliphatic carbocycles. The van der Waals surface area contributed by atoms with E-state index >= 15 is 0 Å². The Labute approximate surface area is 138 Å². The number of hydrogen-bond donors (Lipinski definition) is 2. The summed E-state index contributed by atoms with van der Waals surface area (Å²) in [6.45, 7) is 4.37. The van der Waals surface area contributed by atoms with Crippen LogP contribution in [0.25, 0.3) is 0 Å². The highest BCUT2D eigenvalue weighted by Crippen LogP contribution is 2.43. The van der Waals surface area contributed by atoms with Crippen LogP contribution in [0.2, 0.25) is 0 Å². The fraction of sp³-hybridized carbons (Fsp3) is 0.625. The van der Waals surface area contributed by atoms with Crippen LogP contribution in [0.4, 0.5) is 24.5 Å². The number of nitrogens with two attached hydrogens (primary N) is 2. The Morgan fingerprint density at radius 1 is 1.04 bits per heavy atom. The normalized spacial score (nSPS) is 21.5. The molecule has 2 heterocycles. The van der Waals surface area contributed by atoms with Gasteiger partial charge < -0.3 is 20.9 Å². The van der Waals surface area contributed by atoms with E-state index in [4.69, 9.17) is 20.9 Å². The van der Waals surface area contributed by atoms with Crippen molar-refractivity contribution in [3.63, 3.8) is 0 Å². The Hall–Kier alpha value is -1.51. The van der Waals surface area contributed by atoms with Gasteiger partial charge in [-0.15, -0.1) is 0 Å². The molecular weight excluding hydrogens is 323 g/mol. The maximum Gasteiger partial charge on any atom is 0.418 e. The number of alkyl halides is 3. The Bertz CT molecular complexity index is 597. The van der Waals surface area contributed by atoms with Crippen molar-refractivity contribution in [1.29, 1.82) is 0 Å². The second kappa shape index (κ2) is 6.42. The van der Waals surface area contributed by atoms with Crippen LogP contribution in [0.15, 0.2) is 12.1 Å². The zero-order chi connectivity index (χ0) is 17.4. The summed E-state index contributed by atoms with van der Waals surface area (Å²) in [4.78, 5) is 2.21. The molecule has 2 aliphatic rings. The number of ether oxygens (including phenoxy) is 2. The lowest BCUT2D eigenvalue weighted by Crippen LogP contribution is -2.54. The van der Waals surface area contributed by atoms with Crippen LogP contribution in [-0.4, -0.2) is 51.0 Å². The van der Waals surface area contributed by atoms with Crippen molar-refractivity contribution in [3.05, 3.63) is 23.3 Å². The zero-order valence-electron chi connectivity index (χ0n) is 13.4. The molecule has 1 aromatic carbocycles. The van der Waals surface area contributed by atoms with Crippen LogP contribution in [0.1, 0.15) is 11.1 Å². The Morgan fingerprint density at radius 3 is 2.21 bits per heavy atom. The third-order valence-corrected chi connectivity index (χ3v) is 4.70. The molecule has 24 heavy (non-hydrogen) atoms. The minimum atomic E-state index is -4.53. The minimum Gasteiger partial charge on any atom is -0.398 e. The first kappa shape index (κ1) is 17.3. The van der Waals surface area contributed by atoms with E-state index in [-0.39, 0.29) is 28.8 Å². The molecule has 1 aromatic rings. The zero-order valence-corrected chi connectivity index (χ0v) is 13.4. The van der Waals surface area contributed by atoms with E-state index in [0.29, 0.717) is 33.0 Å². The molecule has 2 aliphatic heterocycles. The number of benzene rings is 1. The van der Waals surface area contributed by atoms with E-state index in [0.717, 1.165) is 13.1 Å². The molecule has 134 valence electrons. The number of nitrogen functional groups attached to an aromatic ring is 2. The van der Waals surface area contributed by atoms with Gasteiger partial charge in [0.05, 0.1) is 32.0 Å². The summed E-state index contributed by atoms with van der Waals surface area (Å²) in [6, 6.07) is 2.66. The highest BCUT2D eigenvalue weighted by molar-refractivity contribution is 5.63. The van der Waals surface area contributed by atoms with E-state index in [1.165, 1.54) is 12.1 Å². The van der Waals surface area contributed by atoms with Crippen LogP contribution < -0.4 is 11.5 Å². The number of anilines is 2. The molecule has 8 heteroatoms. The van der Waals surface area contributed by atoms with E-state index in [2.05, 4.69) is 4.90 Å². The first-order valence-corrected chi connectivity index (χ1v) is 7.93. The van der Waals surface area contributed by atoms with Gasteiger partial charge in [0.15, 0.2) is 0 Å². The van der Waals surface area contributed by atoms with Crippen molar-refractivity contribution < 1.29 is 22.6 Å².